The summed E-state index contributed by atoms with van der Waals surface area (Å²) in [4.78, 5) is 0. The monoisotopic (exact) mass is 280 g/mol. The van der Waals surface area contributed by atoms with Gasteiger partial charge in [0, 0.05) is 24.4 Å². The second kappa shape index (κ2) is 5.96. The smallest absolute Gasteiger partial charge is 0.210 e. The summed E-state index contributed by atoms with van der Waals surface area (Å²) >= 11 is 1.72. The van der Waals surface area contributed by atoms with Gasteiger partial charge in [0.15, 0.2) is 5.82 Å². The first-order valence-corrected chi connectivity index (χ1v) is 7.84. The van der Waals surface area contributed by atoms with E-state index in [0.29, 0.717) is 11.2 Å². The van der Waals surface area contributed by atoms with Crippen LogP contribution < -0.4 is 5.84 Å². The molecule has 1 aliphatic carbocycles. The number of rotatable bonds is 3. The molecule has 1 unspecified atom stereocenters. The Hall–Kier alpha value is -1.01. The molecule has 0 spiro atoms. The number of hydrogen-bond acceptors (Lipinski definition) is 5. The van der Waals surface area contributed by atoms with E-state index in [2.05, 4.69) is 22.3 Å². The van der Waals surface area contributed by atoms with E-state index in [1.165, 1.54) is 19.3 Å². The highest BCUT2D eigenvalue weighted by Crippen LogP contribution is 2.31. The van der Waals surface area contributed by atoms with Crippen molar-refractivity contribution in [3.8, 4) is 0 Å². The number of allylic oxidation sites excluding steroid dienone is 1. The zero-order valence-corrected chi connectivity index (χ0v) is 11.8. The third-order valence-corrected chi connectivity index (χ3v) is 4.93. The molecule has 3 rings (SSSR count). The zero-order valence-electron chi connectivity index (χ0n) is 11.0. The maximum Gasteiger partial charge on any atom is 0.210 e. The second-order valence-electron chi connectivity index (χ2n) is 5.11. The molecular formula is C13H20N4OS. The third-order valence-electron chi connectivity index (χ3n) is 3.74. The summed E-state index contributed by atoms with van der Waals surface area (Å²) in [5.41, 5.74) is 0. The molecule has 2 N–H and O–H groups in total. The van der Waals surface area contributed by atoms with Gasteiger partial charge in [-0.3, -0.25) is 0 Å². The Morgan fingerprint density at radius 1 is 1.26 bits per heavy atom. The van der Waals surface area contributed by atoms with Crippen molar-refractivity contribution in [1.82, 2.24) is 14.9 Å². The molecule has 6 heteroatoms. The Balaban J connectivity index is 1.70. The van der Waals surface area contributed by atoms with Crippen molar-refractivity contribution in [2.75, 3.05) is 19.1 Å². The second-order valence-corrected chi connectivity index (χ2v) is 6.32. The number of aromatic nitrogens is 3. The van der Waals surface area contributed by atoms with Gasteiger partial charge in [-0.2, -0.15) is 0 Å². The normalized spacial score (nSPS) is 24.7. The Morgan fingerprint density at radius 2 is 2.11 bits per heavy atom. The molecule has 1 fully saturated rings. The van der Waals surface area contributed by atoms with Gasteiger partial charge in [-0.05, 0) is 32.1 Å². The Labute approximate surface area is 117 Å². The molecule has 1 aliphatic heterocycles. The Morgan fingerprint density at radius 3 is 2.84 bits per heavy atom. The Bertz CT molecular complexity index is 453. The highest BCUT2D eigenvalue weighted by atomic mass is 32.2. The van der Waals surface area contributed by atoms with Gasteiger partial charge in [0.2, 0.25) is 5.16 Å². The lowest BCUT2D eigenvalue weighted by Crippen LogP contribution is -2.22. The fraction of sp³-hybridized carbons (Fsp3) is 0.692. The zero-order chi connectivity index (χ0) is 13.1. The fourth-order valence-corrected chi connectivity index (χ4v) is 3.66. The van der Waals surface area contributed by atoms with E-state index in [0.717, 1.165) is 37.0 Å². The molecule has 19 heavy (non-hydrogen) atoms. The minimum absolute atomic E-state index is 0.391. The SMILES string of the molecule is Nn1c(SC2C=CCCC2)nnc1C1CCOCC1. The summed E-state index contributed by atoms with van der Waals surface area (Å²) in [5, 5.41) is 9.87. The van der Waals surface area contributed by atoms with Crippen LogP contribution in [0.5, 0.6) is 0 Å². The topological polar surface area (TPSA) is 66.0 Å². The van der Waals surface area contributed by atoms with Gasteiger partial charge in [0.1, 0.15) is 0 Å². The van der Waals surface area contributed by atoms with Gasteiger partial charge in [-0.25, -0.2) is 4.68 Å². The summed E-state index contributed by atoms with van der Waals surface area (Å²) in [6, 6.07) is 0. The lowest BCUT2D eigenvalue weighted by atomic mass is 10.00. The van der Waals surface area contributed by atoms with E-state index in [1.54, 1.807) is 16.4 Å². The van der Waals surface area contributed by atoms with Crippen LogP contribution in [-0.4, -0.2) is 33.3 Å². The van der Waals surface area contributed by atoms with E-state index in [-0.39, 0.29) is 0 Å². The van der Waals surface area contributed by atoms with Crippen LogP contribution in [0.2, 0.25) is 0 Å². The average molecular weight is 280 g/mol. The van der Waals surface area contributed by atoms with Crippen molar-refractivity contribution < 1.29 is 4.74 Å². The molecule has 1 aromatic heterocycles. The molecule has 0 bridgehead atoms. The van der Waals surface area contributed by atoms with E-state index >= 15 is 0 Å². The maximum atomic E-state index is 6.16. The molecule has 2 aliphatic rings. The van der Waals surface area contributed by atoms with Gasteiger partial charge in [-0.1, -0.05) is 23.9 Å². The van der Waals surface area contributed by atoms with Gasteiger partial charge >= 0.3 is 0 Å². The Kier molecular flexibility index (Phi) is 4.08. The van der Waals surface area contributed by atoms with E-state index in [4.69, 9.17) is 10.6 Å². The van der Waals surface area contributed by atoms with Crippen LogP contribution in [0.25, 0.3) is 0 Å². The first kappa shape index (κ1) is 13.0. The number of thioether (sulfide) groups is 1. The van der Waals surface area contributed by atoms with Gasteiger partial charge in [0.25, 0.3) is 0 Å². The number of nitrogen functional groups attached to an aromatic ring is 1. The molecule has 1 atom stereocenters. The largest absolute Gasteiger partial charge is 0.381 e. The summed E-state index contributed by atoms with van der Waals surface area (Å²) in [6.45, 7) is 1.59. The standard InChI is InChI=1S/C13H20N4OS/c14-17-12(10-6-8-18-9-7-10)15-16-13(17)19-11-4-2-1-3-5-11/h2,4,10-11H,1,3,5-9,14H2. The molecule has 1 aromatic rings. The van der Waals surface area contributed by atoms with Crippen molar-refractivity contribution in [2.24, 2.45) is 0 Å². The highest BCUT2D eigenvalue weighted by Gasteiger charge is 2.24. The predicted molar refractivity (Wildman–Crippen MR) is 75.6 cm³/mol. The lowest BCUT2D eigenvalue weighted by Gasteiger charge is -2.21. The first-order chi connectivity index (χ1) is 9.34. The first-order valence-electron chi connectivity index (χ1n) is 6.96. The molecule has 0 aromatic carbocycles. The van der Waals surface area contributed by atoms with Crippen molar-refractivity contribution in [1.29, 1.82) is 0 Å². The van der Waals surface area contributed by atoms with Gasteiger partial charge in [-0.15, -0.1) is 10.2 Å². The van der Waals surface area contributed by atoms with Gasteiger partial charge < -0.3 is 10.6 Å². The summed E-state index contributed by atoms with van der Waals surface area (Å²) in [6.07, 6.45) is 10.1. The summed E-state index contributed by atoms with van der Waals surface area (Å²) in [5.74, 6) is 7.46. The molecule has 5 nitrogen and oxygen atoms in total. The van der Waals surface area contributed by atoms with E-state index < -0.39 is 0 Å². The van der Waals surface area contributed by atoms with Crippen molar-refractivity contribution in [3.05, 3.63) is 18.0 Å². The predicted octanol–water partition coefficient (Wildman–Crippen LogP) is 2.09. The molecule has 104 valence electrons. The third kappa shape index (κ3) is 2.95. The van der Waals surface area contributed by atoms with Crippen LogP contribution in [0, 0.1) is 0 Å². The molecule has 1 saturated heterocycles. The summed E-state index contributed by atoms with van der Waals surface area (Å²) in [7, 11) is 0. The molecular weight excluding hydrogens is 260 g/mol. The van der Waals surface area contributed by atoms with Crippen LogP contribution >= 0.6 is 11.8 Å². The van der Waals surface area contributed by atoms with Crippen molar-refractivity contribution in [2.45, 2.75) is 48.4 Å². The summed E-state index contributed by atoms with van der Waals surface area (Å²) < 4.78 is 7.06. The minimum Gasteiger partial charge on any atom is -0.381 e. The lowest BCUT2D eigenvalue weighted by molar-refractivity contribution is 0.0830. The molecule has 0 saturated carbocycles. The molecule has 2 heterocycles. The van der Waals surface area contributed by atoms with Crippen LogP contribution in [0.3, 0.4) is 0 Å². The van der Waals surface area contributed by atoms with Crippen molar-refractivity contribution >= 4 is 11.8 Å². The quantitative estimate of drug-likeness (QED) is 0.678. The number of ether oxygens (including phenoxy) is 1. The van der Waals surface area contributed by atoms with Crippen LogP contribution in [0.1, 0.15) is 43.8 Å². The molecule has 0 amide bonds. The van der Waals surface area contributed by atoms with E-state index in [1.807, 2.05) is 0 Å². The van der Waals surface area contributed by atoms with Gasteiger partial charge in [0.05, 0.1) is 0 Å². The average Bonchev–Trinajstić information content (AvgIpc) is 2.82. The fourth-order valence-electron chi connectivity index (χ4n) is 2.62. The van der Waals surface area contributed by atoms with E-state index in [9.17, 15) is 0 Å². The molecule has 0 radical (unpaired) electrons. The number of nitrogens with zero attached hydrogens (tertiary/aromatic N) is 3. The number of hydrogen-bond donors (Lipinski definition) is 1. The van der Waals surface area contributed by atoms with Crippen LogP contribution in [0.4, 0.5) is 0 Å². The van der Waals surface area contributed by atoms with Crippen LogP contribution in [0.15, 0.2) is 17.3 Å². The van der Waals surface area contributed by atoms with Crippen molar-refractivity contribution in [3.63, 3.8) is 0 Å². The highest BCUT2D eigenvalue weighted by molar-refractivity contribution is 7.99. The van der Waals surface area contributed by atoms with Crippen LogP contribution in [-0.2, 0) is 4.74 Å². The number of nitrogens with two attached hydrogens (primary N) is 1. The minimum atomic E-state index is 0.391. The maximum absolute atomic E-state index is 6.16.